The first-order valence-corrected chi connectivity index (χ1v) is 8.47. The van der Waals surface area contributed by atoms with Gasteiger partial charge >= 0.3 is 5.97 Å². The molecule has 7 nitrogen and oxygen atoms in total. The minimum absolute atomic E-state index is 0.0203. The first-order valence-electron chi connectivity index (χ1n) is 7.03. The predicted octanol–water partition coefficient (Wildman–Crippen LogP) is 0.192. The number of rotatable bonds is 3. The van der Waals surface area contributed by atoms with E-state index in [0.29, 0.717) is 19.1 Å². The monoisotopic (exact) mass is 313 g/mol. The highest BCUT2D eigenvalue weighted by molar-refractivity contribution is 7.89. The summed E-state index contributed by atoms with van der Waals surface area (Å²) in [6.07, 6.45) is 3.52. The van der Waals surface area contributed by atoms with Gasteiger partial charge in [0, 0.05) is 38.9 Å². The molecule has 2 aliphatic heterocycles. The van der Waals surface area contributed by atoms with Gasteiger partial charge in [-0.2, -0.15) is 4.31 Å². The summed E-state index contributed by atoms with van der Waals surface area (Å²) >= 11 is 0. The zero-order valence-electron chi connectivity index (χ0n) is 11.9. The van der Waals surface area contributed by atoms with Gasteiger partial charge in [0.25, 0.3) is 0 Å². The zero-order valence-corrected chi connectivity index (χ0v) is 12.7. The van der Waals surface area contributed by atoms with Crippen LogP contribution in [0.25, 0.3) is 0 Å². The molecule has 2 fully saturated rings. The molecule has 1 aromatic heterocycles. The number of hydrogen-bond acceptors (Lipinski definition) is 4. The highest BCUT2D eigenvalue weighted by Crippen LogP contribution is 2.26. The van der Waals surface area contributed by atoms with Gasteiger partial charge in [0.1, 0.15) is 10.6 Å². The molecule has 0 bridgehead atoms. The van der Waals surface area contributed by atoms with E-state index in [-0.39, 0.29) is 10.6 Å². The fourth-order valence-corrected chi connectivity index (χ4v) is 4.76. The molecule has 0 aromatic carbocycles. The molecule has 0 spiro atoms. The first-order chi connectivity index (χ1) is 9.89. The summed E-state index contributed by atoms with van der Waals surface area (Å²) in [5.74, 6) is -1.13. The van der Waals surface area contributed by atoms with E-state index in [1.165, 1.54) is 28.2 Å². The Hall–Kier alpha value is -1.38. The third-order valence-corrected chi connectivity index (χ3v) is 6.22. The van der Waals surface area contributed by atoms with Crippen LogP contribution in [0.15, 0.2) is 17.2 Å². The van der Waals surface area contributed by atoms with Crippen molar-refractivity contribution in [2.45, 2.75) is 23.8 Å². The molecule has 0 radical (unpaired) electrons. The third kappa shape index (κ3) is 2.47. The number of sulfonamides is 1. The topological polar surface area (TPSA) is 82.9 Å². The van der Waals surface area contributed by atoms with Crippen molar-refractivity contribution in [3.8, 4) is 0 Å². The molecular formula is C13H19N3O4S. The van der Waals surface area contributed by atoms with Crippen LogP contribution in [0.4, 0.5) is 0 Å². The average Bonchev–Trinajstić information content (AvgIpc) is 3.03. The van der Waals surface area contributed by atoms with Crippen LogP contribution in [0.2, 0.25) is 0 Å². The molecule has 0 saturated carbocycles. The van der Waals surface area contributed by atoms with Crippen molar-refractivity contribution >= 4 is 16.0 Å². The molecular weight excluding hydrogens is 294 g/mol. The fourth-order valence-electron chi connectivity index (χ4n) is 3.22. The lowest BCUT2D eigenvalue weighted by Crippen LogP contribution is -2.51. The van der Waals surface area contributed by atoms with E-state index in [9.17, 15) is 13.2 Å². The summed E-state index contributed by atoms with van der Waals surface area (Å²) in [4.78, 5) is 13.4. The number of aryl methyl sites for hydroxylation is 1. The maximum Gasteiger partial charge on any atom is 0.352 e. The van der Waals surface area contributed by atoms with Gasteiger partial charge in [-0.15, -0.1) is 0 Å². The van der Waals surface area contributed by atoms with E-state index in [2.05, 4.69) is 4.90 Å². The number of carboxylic acids is 1. The molecule has 2 saturated heterocycles. The Balaban J connectivity index is 1.86. The molecule has 0 amide bonds. The molecule has 3 rings (SSSR count). The Bertz CT molecular complexity index is 667. The molecule has 116 valence electrons. The summed E-state index contributed by atoms with van der Waals surface area (Å²) in [5.41, 5.74) is -0.0203. The number of carbonyl (C=O) groups is 1. The predicted molar refractivity (Wildman–Crippen MR) is 75.7 cm³/mol. The number of fused-ring (bicyclic) bond motifs is 1. The normalized spacial score (nSPS) is 24.1. The van der Waals surface area contributed by atoms with Gasteiger partial charge in [0.15, 0.2) is 0 Å². The van der Waals surface area contributed by atoms with E-state index in [1.807, 2.05) is 0 Å². The van der Waals surface area contributed by atoms with Crippen molar-refractivity contribution in [2.24, 2.45) is 7.05 Å². The van der Waals surface area contributed by atoms with Crippen molar-refractivity contribution in [3.63, 3.8) is 0 Å². The fraction of sp³-hybridized carbons (Fsp3) is 0.615. The van der Waals surface area contributed by atoms with Gasteiger partial charge in [-0.3, -0.25) is 4.90 Å². The quantitative estimate of drug-likeness (QED) is 0.861. The van der Waals surface area contributed by atoms with Crippen LogP contribution >= 0.6 is 0 Å². The number of hydrogen-bond donors (Lipinski definition) is 1. The minimum Gasteiger partial charge on any atom is -0.477 e. The summed E-state index contributed by atoms with van der Waals surface area (Å²) in [6, 6.07) is 1.54. The second-order valence-corrected chi connectivity index (χ2v) is 7.61. The van der Waals surface area contributed by atoms with Gasteiger partial charge in [-0.05, 0) is 25.5 Å². The lowest BCUT2D eigenvalue weighted by Gasteiger charge is -2.36. The zero-order chi connectivity index (χ0) is 15.2. The number of aromatic carboxylic acids is 1. The molecule has 8 heteroatoms. The summed E-state index contributed by atoms with van der Waals surface area (Å²) in [6.45, 7) is 2.77. The number of carboxylic acid groups (broad SMARTS) is 1. The van der Waals surface area contributed by atoms with Crippen LogP contribution in [-0.4, -0.2) is 65.5 Å². The second-order valence-electron chi connectivity index (χ2n) is 5.67. The Morgan fingerprint density at radius 2 is 2.10 bits per heavy atom. The largest absolute Gasteiger partial charge is 0.477 e. The molecule has 1 atom stereocenters. The van der Waals surface area contributed by atoms with Crippen molar-refractivity contribution in [1.29, 1.82) is 0 Å². The van der Waals surface area contributed by atoms with Gasteiger partial charge in [0.2, 0.25) is 10.0 Å². The summed E-state index contributed by atoms with van der Waals surface area (Å²) < 4.78 is 28.2. The molecule has 1 unspecified atom stereocenters. The summed E-state index contributed by atoms with van der Waals surface area (Å²) in [7, 11) is -2.07. The Kier molecular flexibility index (Phi) is 3.54. The summed E-state index contributed by atoms with van der Waals surface area (Å²) in [5, 5.41) is 9.04. The maximum absolute atomic E-state index is 12.7. The number of piperazine rings is 1. The van der Waals surface area contributed by atoms with Crippen molar-refractivity contribution in [1.82, 2.24) is 13.8 Å². The standard InChI is InChI=1S/C13H19N3O4S/c1-14-9-11(7-12(14)13(17)18)21(19,20)16-6-5-15-4-2-3-10(15)8-16/h7,9-10H,2-6,8H2,1H3,(H,17,18). The Morgan fingerprint density at radius 1 is 1.33 bits per heavy atom. The maximum atomic E-state index is 12.7. The van der Waals surface area contributed by atoms with Crippen LogP contribution in [0.1, 0.15) is 23.3 Å². The van der Waals surface area contributed by atoms with Crippen molar-refractivity contribution in [2.75, 3.05) is 26.2 Å². The van der Waals surface area contributed by atoms with Crippen LogP contribution in [0, 0.1) is 0 Å². The van der Waals surface area contributed by atoms with Gasteiger partial charge in [-0.1, -0.05) is 0 Å². The van der Waals surface area contributed by atoms with Crippen LogP contribution < -0.4 is 0 Å². The number of aromatic nitrogens is 1. The minimum atomic E-state index is -3.61. The smallest absolute Gasteiger partial charge is 0.352 e. The Morgan fingerprint density at radius 3 is 2.76 bits per heavy atom. The van der Waals surface area contributed by atoms with E-state index >= 15 is 0 Å². The second kappa shape index (κ2) is 5.11. The SMILES string of the molecule is Cn1cc(S(=O)(=O)N2CCN3CCCC3C2)cc1C(=O)O. The Labute approximate surface area is 123 Å². The first kappa shape index (κ1) is 14.6. The van der Waals surface area contributed by atoms with Gasteiger partial charge < -0.3 is 9.67 Å². The molecule has 3 heterocycles. The molecule has 21 heavy (non-hydrogen) atoms. The van der Waals surface area contributed by atoms with Crippen LogP contribution in [-0.2, 0) is 17.1 Å². The van der Waals surface area contributed by atoms with Gasteiger partial charge in [-0.25, -0.2) is 13.2 Å². The molecule has 1 N–H and O–H groups in total. The number of nitrogens with zero attached hydrogens (tertiary/aromatic N) is 3. The van der Waals surface area contributed by atoms with Crippen LogP contribution in [0.5, 0.6) is 0 Å². The molecule has 0 aliphatic carbocycles. The van der Waals surface area contributed by atoms with Crippen molar-refractivity contribution < 1.29 is 18.3 Å². The van der Waals surface area contributed by atoms with Crippen molar-refractivity contribution in [3.05, 3.63) is 18.0 Å². The van der Waals surface area contributed by atoms with E-state index < -0.39 is 16.0 Å². The molecule has 1 aromatic rings. The van der Waals surface area contributed by atoms with Crippen LogP contribution in [0.3, 0.4) is 0 Å². The highest BCUT2D eigenvalue weighted by Gasteiger charge is 2.36. The van der Waals surface area contributed by atoms with E-state index in [1.54, 1.807) is 0 Å². The van der Waals surface area contributed by atoms with E-state index in [0.717, 1.165) is 25.9 Å². The van der Waals surface area contributed by atoms with Gasteiger partial charge in [0.05, 0.1) is 0 Å². The lowest BCUT2D eigenvalue weighted by atomic mass is 10.2. The van der Waals surface area contributed by atoms with E-state index in [4.69, 9.17) is 5.11 Å². The molecule has 2 aliphatic rings. The lowest BCUT2D eigenvalue weighted by molar-refractivity contribution is 0.0686. The highest BCUT2D eigenvalue weighted by atomic mass is 32.2. The third-order valence-electron chi connectivity index (χ3n) is 4.39. The average molecular weight is 313 g/mol.